The molecule has 7 heteroatoms. The Balaban J connectivity index is 2.40. The molecule has 0 spiro atoms. The van der Waals surface area contributed by atoms with E-state index < -0.39 is 6.03 Å². The van der Waals surface area contributed by atoms with Crippen LogP contribution in [0, 0.1) is 5.92 Å². The topological polar surface area (TPSA) is 76.0 Å². The Morgan fingerprint density at radius 1 is 1.42 bits per heavy atom. The van der Waals surface area contributed by atoms with E-state index in [2.05, 4.69) is 15.6 Å². The van der Waals surface area contributed by atoms with Crippen LogP contribution in [0.1, 0.15) is 20.8 Å². The zero-order chi connectivity index (χ0) is 14.4. The van der Waals surface area contributed by atoms with Gasteiger partial charge in [-0.3, -0.25) is 10.1 Å². The van der Waals surface area contributed by atoms with E-state index in [4.69, 9.17) is 0 Å². The third-order valence-corrected chi connectivity index (χ3v) is 3.51. The maximum absolute atomic E-state index is 11.8. The molecule has 1 aromatic rings. The van der Waals surface area contributed by atoms with Crippen LogP contribution in [0.2, 0.25) is 0 Å². The van der Waals surface area contributed by atoms with Crippen molar-refractivity contribution in [2.24, 2.45) is 13.0 Å². The Morgan fingerprint density at radius 3 is 2.63 bits per heavy atom. The molecule has 6 nitrogen and oxygen atoms in total. The van der Waals surface area contributed by atoms with Crippen molar-refractivity contribution in [1.29, 1.82) is 0 Å². The summed E-state index contributed by atoms with van der Waals surface area (Å²) in [6.45, 7) is 6.26. The van der Waals surface area contributed by atoms with Gasteiger partial charge < -0.3 is 9.88 Å². The quantitative estimate of drug-likeness (QED) is 0.801. The predicted octanol–water partition coefficient (Wildman–Crippen LogP) is 1.38. The van der Waals surface area contributed by atoms with Crippen LogP contribution < -0.4 is 10.6 Å². The molecule has 1 rings (SSSR count). The lowest BCUT2D eigenvalue weighted by atomic mass is 10.2. The van der Waals surface area contributed by atoms with Crippen molar-refractivity contribution in [3.05, 3.63) is 12.4 Å². The van der Waals surface area contributed by atoms with E-state index in [0.29, 0.717) is 12.5 Å². The van der Waals surface area contributed by atoms with Crippen molar-refractivity contribution in [3.8, 4) is 0 Å². The van der Waals surface area contributed by atoms with Gasteiger partial charge in [-0.05, 0) is 12.8 Å². The van der Waals surface area contributed by atoms with Crippen LogP contribution in [0.3, 0.4) is 0 Å². The molecule has 1 atom stereocenters. The molecular formula is C12H20N4O2S. The van der Waals surface area contributed by atoms with Crippen LogP contribution in [-0.2, 0) is 11.8 Å². The van der Waals surface area contributed by atoms with E-state index in [9.17, 15) is 9.59 Å². The molecule has 0 aromatic carbocycles. The van der Waals surface area contributed by atoms with Crippen LogP contribution in [0.5, 0.6) is 0 Å². The molecule has 0 radical (unpaired) electrons. The second kappa shape index (κ2) is 7.18. The summed E-state index contributed by atoms with van der Waals surface area (Å²) in [5.41, 5.74) is 0. The maximum atomic E-state index is 11.8. The molecule has 106 valence electrons. The van der Waals surface area contributed by atoms with E-state index in [0.717, 1.165) is 5.16 Å². The number of hydrogen-bond acceptors (Lipinski definition) is 4. The molecular weight excluding hydrogens is 264 g/mol. The standard InChI is InChI=1S/C12H20N4O2S/c1-8(2)7-14-11(18)15-10(17)9(3)19-12-13-5-6-16(12)4/h5-6,8-9H,7H2,1-4H3,(H2,14,15,17,18). The molecule has 0 aliphatic heterocycles. The number of rotatable bonds is 5. The maximum Gasteiger partial charge on any atom is 0.321 e. The molecule has 1 unspecified atom stereocenters. The first-order chi connectivity index (χ1) is 8.90. The number of carbonyl (C=O) groups is 2. The van der Waals surface area contributed by atoms with Crippen LogP contribution in [-0.4, -0.2) is 33.3 Å². The highest BCUT2D eigenvalue weighted by Gasteiger charge is 2.18. The highest BCUT2D eigenvalue weighted by molar-refractivity contribution is 8.00. The predicted molar refractivity (Wildman–Crippen MR) is 74.9 cm³/mol. The van der Waals surface area contributed by atoms with Crippen LogP contribution >= 0.6 is 11.8 Å². The monoisotopic (exact) mass is 284 g/mol. The number of hydrogen-bond donors (Lipinski definition) is 2. The van der Waals surface area contributed by atoms with Crippen molar-refractivity contribution < 1.29 is 9.59 Å². The molecule has 0 bridgehead atoms. The summed E-state index contributed by atoms with van der Waals surface area (Å²) in [6.07, 6.45) is 3.48. The van der Waals surface area contributed by atoms with Gasteiger partial charge in [0, 0.05) is 26.0 Å². The number of thioether (sulfide) groups is 1. The van der Waals surface area contributed by atoms with E-state index in [1.165, 1.54) is 11.8 Å². The van der Waals surface area contributed by atoms with Gasteiger partial charge in [-0.15, -0.1) is 0 Å². The van der Waals surface area contributed by atoms with Crippen molar-refractivity contribution in [1.82, 2.24) is 20.2 Å². The minimum atomic E-state index is -0.453. The van der Waals surface area contributed by atoms with Gasteiger partial charge in [0.1, 0.15) is 0 Å². The van der Waals surface area contributed by atoms with Crippen molar-refractivity contribution in [2.45, 2.75) is 31.2 Å². The highest BCUT2D eigenvalue weighted by atomic mass is 32.2. The van der Waals surface area contributed by atoms with E-state index in [-0.39, 0.29) is 11.2 Å². The Kier molecular flexibility index (Phi) is 5.88. The fourth-order valence-electron chi connectivity index (χ4n) is 1.23. The number of aromatic nitrogens is 2. The number of nitrogens with zero attached hydrogens (tertiary/aromatic N) is 2. The zero-order valence-electron chi connectivity index (χ0n) is 11.6. The van der Waals surface area contributed by atoms with Gasteiger partial charge in [0.2, 0.25) is 5.91 Å². The molecule has 1 aromatic heterocycles. The van der Waals surface area contributed by atoms with Crippen LogP contribution in [0.25, 0.3) is 0 Å². The SMILES string of the molecule is CC(C)CNC(=O)NC(=O)C(C)Sc1nccn1C. The third kappa shape index (κ3) is 5.34. The van der Waals surface area contributed by atoms with Gasteiger partial charge in [-0.1, -0.05) is 25.6 Å². The Morgan fingerprint density at radius 2 is 2.11 bits per heavy atom. The van der Waals surface area contributed by atoms with Crippen LogP contribution in [0.15, 0.2) is 17.6 Å². The number of imide groups is 1. The van der Waals surface area contributed by atoms with E-state index in [1.807, 2.05) is 31.7 Å². The summed E-state index contributed by atoms with van der Waals surface area (Å²) < 4.78 is 1.83. The fraction of sp³-hybridized carbons (Fsp3) is 0.583. The Hall–Kier alpha value is -1.50. The van der Waals surface area contributed by atoms with Gasteiger partial charge in [0.25, 0.3) is 0 Å². The van der Waals surface area contributed by atoms with Gasteiger partial charge in [-0.2, -0.15) is 0 Å². The van der Waals surface area contributed by atoms with Crippen LogP contribution in [0.4, 0.5) is 4.79 Å². The van der Waals surface area contributed by atoms with Crippen molar-refractivity contribution >= 4 is 23.7 Å². The molecule has 0 saturated carbocycles. The molecule has 0 aliphatic rings. The fourth-order valence-corrected chi connectivity index (χ4v) is 2.06. The summed E-state index contributed by atoms with van der Waals surface area (Å²) in [5.74, 6) is 0.0227. The summed E-state index contributed by atoms with van der Waals surface area (Å²) in [4.78, 5) is 27.4. The summed E-state index contributed by atoms with van der Waals surface area (Å²) >= 11 is 1.31. The number of aryl methyl sites for hydroxylation is 1. The molecule has 1 heterocycles. The smallest absolute Gasteiger partial charge is 0.321 e. The lowest BCUT2D eigenvalue weighted by molar-refractivity contribution is -0.119. The second-order valence-corrected chi connectivity index (χ2v) is 5.98. The molecule has 19 heavy (non-hydrogen) atoms. The zero-order valence-corrected chi connectivity index (χ0v) is 12.5. The molecule has 2 N–H and O–H groups in total. The van der Waals surface area contributed by atoms with E-state index >= 15 is 0 Å². The summed E-state index contributed by atoms with van der Waals surface area (Å²) in [7, 11) is 1.86. The number of imidazole rings is 1. The molecule has 0 saturated heterocycles. The van der Waals surface area contributed by atoms with Crippen molar-refractivity contribution in [3.63, 3.8) is 0 Å². The normalized spacial score (nSPS) is 12.3. The largest absolute Gasteiger partial charge is 0.338 e. The van der Waals surface area contributed by atoms with Gasteiger partial charge >= 0.3 is 6.03 Å². The number of nitrogens with one attached hydrogen (secondary N) is 2. The molecule has 3 amide bonds. The average Bonchev–Trinajstić information content (AvgIpc) is 2.72. The first-order valence-electron chi connectivity index (χ1n) is 6.12. The van der Waals surface area contributed by atoms with Crippen molar-refractivity contribution in [2.75, 3.05) is 6.54 Å². The minimum Gasteiger partial charge on any atom is -0.338 e. The van der Waals surface area contributed by atoms with Gasteiger partial charge in [-0.25, -0.2) is 9.78 Å². The van der Waals surface area contributed by atoms with Gasteiger partial charge in [0.15, 0.2) is 5.16 Å². The average molecular weight is 284 g/mol. The molecule has 0 aliphatic carbocycles. The van der Waals surface area contributed by atoms with E-state index in [1.54, 1.807) is 13.1 Å². The lowest BCUT2D eigenvalue weighted by Crippen LogP contribution is -2.43. The first-order valence-corrected chi connectivity index (χ1v) is 7.00. The first kappa shape index (κ1) is 15.6. The minimum absolute atomic E-state index is 0.325. The summed E-state index contributed by atoms with van der Waals surface area (Å²) in [5, 5.41) is 5.31. The third-order valence-electron chi connectivity index (χ3n) is 2.34. The van der Waals surface area contributed by atoms with Gasteiger partial charge in [0.05, 0.1) is 5.25 Å². The lowest BCUT2D eigenvalue weighted by Gasteiger charge is -2.12. The number of amides is 3. The second-order valence-electron chi connectivity index (χ2n) is 4.67. The Labute approximate surface area is 117 Å². The molecule has 0 fully saturated rings. The summed E-state index contributed by atoms with van der Waals surface area (Å²) in [6, 6.07) is -0.453. The number of urea groups is 1. The number of carbonyl (C=O) groups excluding carboxylic acids is 2. The highest BCUT2D eigenvalue weighted by Crippen LogP contribution is 2.20. The Bertz CT molecular complexity index is 445.